The van der Waals surface area contributed by atoms with Crippen molar-refractivity contribution in [2.24, 2.45) is 0 Å². The van der Waals surface area contributed by atoms with E-state index in [-0.39, 0.29) is 0 Å². The first kappa shape index (κ1) is 16.8. The third kappa shape index (κ3) is 4.21. The van der Waals surface area contributed by atoms with Crippen LogP contribution in [0, 0.1) is 5.82 Å². The maximum absolute atomic E-state index is 13.7. The van der Waals surface area contributed by atoms with Gasteiger partial charge >= 0.3 is 18.3 Å². The average molecular weight is 334 g/mol. The zero-order valence-electron chi connectivity index (χ0n) is 11.9. The highest BCUT2D eigenvalue weighted by molar-refractivity contribution is 6.18. The highest BCUT2D eigenvalue weighted by Crippen LogP contribution is 2.28. The second kappa shape index (κ2) is 5.56. The molecule has 1 aromatic rings. The molecular formula is C14H10F4O5. The van der Waals surface area contributed by atoms with Crippen molar-refractivity contribution in [2.75, 3.05) is 0 Å². The van der Waals surface area contributed by atoms with E-state index in [0.717, 1.165) is 12.1 Å². The van der Waals surface area contributed by atoms with E-state index in [2.05, 4.69) is 4.74 Å². The van der Waals surface area contributed by atoms with E-state index in [9.17, 15) is 27.2 Å². The van der Waals surface area contributed by atoms with Crippen molar-refractivity contribution >= 4 is 18.0 Å². The van der Waals surface area contributed by atoms with E-state index in [1.807, 2.05) is 0 Å². The summed E-state index contributed by atoms with van der Waals surface area (Å²) >= 11 is 0. The first-order valence-corrected chi connectivity index (χ1v) is 6.20. The maximum atomic E-state index is 13.7. The molecule has 1 saturated heterocycles. The van der Waals surface area contributed by atoms with Crippen LogP contribution >= 0.6 is 0 Å². The summed E-state index contributed by atoms with van der Waals surface area (Å²) in [6.07, 6.45) is -4.23. The molecule has 0 bridgehead atoms. The Kier molecular flexibility index (Phi) is 4.06. The molecule has 5 nitrogen and oxygen atoms in total. The Morgan fingerprint density at radius 2 is 1.70 bits per heavy atom. The summed E-state index contributed by atoms with van der Waals surface area (Å²) in [7, 11) is 0. The van der Waals surface area contributed by atoms with Gasteiger partial charge in [0.2, 0.25) is 0 Å². The summed E-state index contributed by atoms with van der Waals surface area (Å²) in [6, 6.07) is 2.15. The van der Waals surface area contributed by atoms with Gasteiger partial charge < -0.3 is 14.2 Å². The molecule has 9 heteroatoms. The van der Waals surface area contributed by atoms with Crippen LogP contribution < -0.4 is 4.74 Å². The molecule has 0 aromatic heterocycles. The van der Waals surface area contributed by atoms with Gasteiger partial charge in [0.1, 0.15) is 17.1 Å². The number of carbonyl (C=O) groups excluding carboxylic acids is 2. The molecule has 1 heterocycles. The van der Waals surface area contributed by atoms with Gasteiger partial charge in [-0.3, -0.25) is 0 Å². The molecule has 0 radical (unpaired) electrons. The summed E-state index contributed by atoms with van der Waals surface area (Å²) in [4.78, 5) is 23.4. The number of alkyl halides is 3. The number of cyclic esters (lactones) is 2. The van der Waals surface area contributed by atoms with E-state index in [1.165, 1.54) is 13.8 Å². The standard InChI is InChI=1S/C14H10F4O5/c1-13(2)22-11(19)9(12(20)23-13)6-7-5-8(3-4-10(7)15)21-14(16,17)18/h3-6H,1-2H3. The molecule has 0 atom stereocenters. The molecule has 0 saturated carbocycles. The molecule has 0 spiro atoms. The second-order valence-electron chi connectivity index (χ2n) is 4.97. The van der Waals surface area contributed by atoms with Crippen LogP contribution in [0.4, 0.5) is 17.6 Å². The second-order valence-corrected chi connectivity index (χ2v) is 4.97. The quantitative estimate of drug-likeness (QED) is 0.360. The molecule has 1 aromatic carbocycles. The molecule has 23 heavy (non-hydrogen) atoms. The third-order valence-corrected chi connectivity index (χ3v) is 2.62. The molecule has 1 fully saturated rings. The predicted octanol–water partition coefficient (Wildman–Crippen LogP) is 2.94. The van der Waals surface area contributed by atoms with Crippen LogP contribution in [0.2, 0.25) is 0 Å². The molecule has 124 valence electrons. The number of esters is 2. The summed E-state index contributed by atoms with van der Waals surface area (Å²) in [5.41, 5.74) is -1.11. The van der Waals surface area contributed by atoms with Gasteiger partial charge in [0.15, 0.2) is 0 Å². The summed E-state index contributed by atoms with van der Waals surface area (Å²) < 4.78 is 63.4. The van der Waals surface area contributed by atoms with Crippen molar-refractivity contribution in [3.05, 3.63) is 35.2 Å². The topological polar surface area (TPSA) is 61.8 Å². The van der Waals surface area contributed by atoms with Gasteiger partial charge in [-0.15, -0.1) is 13.2 Å². The third-order valence-electron chi connectivity index (χ3n) is 2.62. The van der Waals surface area contributed by atoms with Crippen molar-refractivity contribution in [1.82, 2.24) is 0 Å². The summed E-state index contributed by atoms with van der Waals surface area (Å²) in [5, 5.41) is 0. The minimum atomic E-state index is -4.96. The average Bonchev–Trinajstić information content (AvgIpc) is 2.34. The van der Waals surface area contributed by atoms with Crippen molar-refractivity contribution in [1.29, 1.82) is 0 Å². The lowest BCUT2D eigenvalue weighted by Gasteiger charge is -2.29. The number of ether oxygens (including phenoxy) is 3. The lowest BCUT2D eigenvalue weighted by molar-refractivity contribution is -0.274. The molecule has 1 aliphatic heterocycles. The van der Waals surface area contributed by atoms with E-state index < -0.39 is 46.8 Å². The normalized spacial score (nSPS) is 17.4. The summed E-state index contributed by atoms with van der Waals surface area (Å²) in [6.45, 7) is 2.63. The first-order chi connectivity index (χ1) is 10.5. The van der Waals surface area contributed by atoms with Crippen LogP contribution in [0.1, 0.15) is 19.4 Å². The Morgan fingerprint density at radius 3 is 2.22 bits per heavy atom. The Bertz CT molecular complexity index is 669. The molecule has 0 N–H and O–H groups in total. The Morgan fingerprint density at radius 1 is 1.13 bits per heavy atom. The smallest absolute Gasteiger partial charge is 0.419 e. The van der Waals surface area contributed by atoms with Crippen LogP contribution in [-0.4, -0.2) is 24.1 Å². The van der Waals surface area contributed by atoms with Crippen LogP contribution in [-0.2, 0) is 19.1 Å². The predicted molar refractivity (Wildman–Crippen MR) is 67.3 cm³/mol. The highest BCUT2D eigenvalue weighted by atomic mass is 19.4. The molecule has 0 unspecified atom stereocenters. The Hall–Kier alpha value is -2.58. The van der Waals surface area contributed by atoms with Gasteiger partial charge in [0, 0.05) is 19.4 Å². The SMILES string of the molecule is CC1(C)OC(=O)C(=Cc2cc(OC(F)(F)F)ccc2F)C(=O)O1. The number of carbonyl (C=O) groups is 2. The van der Waals surface area contributed by atoms with Gasteiger partial charge in [-0.05, 0) is 24.3 Å². The fourth-order valence-electron chi connectivity index (χ4n) is 1.76. The van der Waals surface area contributed by atoms with Crippen LogP contribution in [0.3, 0.4) is 0 Å². The van der Waals surface area contributed by atoms with E-state index in [0.29, 0.717) is 12.1 Å². The van der Waals surface area contributed by atoms with E-state index >= 15 is 0 Å². The maximum Gasteiger partial charge on any atom is 0.573 e. The van der Waals surface area contributed by atoms with Gasteiger partial charge in [-0.1, -0.05) is 0 Å². The first-order valence-electron chi connectivity index (χ1n) is 6.20. The van der Waals surface area contributed by atoms with Crippen molar-refractivity contribution in [3.63, 3.8) is 0 Å². The zero-order chi connectivity index (χ0) is 17.4. The molecule has 1 aliphatic rings. The number of benzene rings is 1. The monoisotopic (exact) mass is 334 g/mol. The fraction of sp³-hybridized carbons (Fsp3) is 0.286. The van der Waals surface area contributed by atoms with Crippen LogP contribution in [0.5, 0.6) is 5.75 Å². The van der Waals surface area contributed by atoms with E-state index in [4.69, 9.17) is 9.47 Å². The fourth-order valence-corrected chi connectivity index (χ4v) is 1.76. The van der Waals surface area contributed by atoms with Gasteiger partial charge in [0.05, 0.1) is 0 Å². The lowest BCUT2D eigenvalue weighted by atomic mass is 10.1. The van der Waals surface area contributed by atoms with E-state index in [1.54, 1.807) is 0 Å². The molecule has 0 aliphatic carbocycles. The Labute approximate surface area is 127 Å². The zero-order valence-corrected chi connectivity index (χ0v) is 11.9. The molecule has 2 rings (SSSR count). The highest BCUT2D eigenvalue weighted by Gasteiger charge is 2.39. The lowest BCUT2D eigenvalue weighted by Crippen LogP contribution is -2.41. The summed E-state index contributed by atoms with van der Waals surface area (Å²) in [5.74, 6) is -5.30. The van der Waals surface area contributed by atoms with Crippen molar-refractivity contribution in [3.8, 4) is 5.75 Å². The van der Waals surface area contributed by atoms with Crippen LogP contribution in [0.25, 0.3) is 6.08 Å². The van der Waals surface area contributed by atoms with Crippen LogP contribution in [0.15, 0.2) is 23.8 Å². The largest absolute Gasteiger partial charge is 0.573 e. The number of hydrogen-bond donors (Lipinski definition) is 0. The number of hydrogen-bond acceptors (Lipinski definition) is 5. The minimum Gasteiger partial charge on any atom is -0.419 e. The molecule has 0 amide bonds. The number of rotatable bonds is 2. The molecular weight excluding hydrogens is 324 g/mol. The van der Waals surface area contributed by atoms with Crippen molar-refractivity contribution < 1.29 is 41.4 Å². The Balaban J connectivity index is 2.37. The minimum absolute atomic E-state index is 0.463. The van der Waals surface area contributed by atoms with Gasteiger partial charge in [-0.25, -0.2) is 14.0 Å². The number of halogens is 4. The van der Waals surface area contributed by atoms with Gasteiger partial charge in [-0.2, -0.15) is 0 Å². The van der Waals surface area contributed by atoms with Crippen molar-refractivity contribution in [2.45, 2.75) is 26.0 Å². The van der Waals surface area contributed by atoms with Gasteiger partial charge in [0.25, 0.3) is 5.79 Å².